The first-order valence-corrected chi connectivity index (χ1v) is 5.55. The summed E-state index contributed by atoms with van der Waals surface area (Å²) >= 11 is 3.34. The van der Waals surface area contributed by atoms with Crippen molar-refractivity contribution in [2.24, 2.45) is 5.73 Å². The summed E-state index contributed by atoms with van der Waals surface area (Å²) in [5.41, 5.74) is 6.24. The number of rotatable bonds is 6. The van der Waals surface area contributed by atoms with Gasteiger partial charge in [0.25, 0.3) is 0 Å². The lowest BCUT2D eigenvalue weighted by Crippen LogP contribution is -2.16. The van der Waals surface area contributed by atoms with Crippen LogP contribution in [0.25, 0.3) is 0 Å². The largest absolute Gasteiger partial charge is 0.372 e. The SMILES string of the molecule is NCCOCC(=O)Cc1ccc(Br)cc1. The highest BCUT2D eigenvalue weighted by Crippen LogP contribution is 2.10. The van der Waals surface area contributed by atoms with Crippen molar-refractivity contribution in [2.45, 2.75) is 6.42 Å². The zero-order valence-corrected chi connectivity index (χ0v) is 10.00. The molecule has 0 amide bonds. The number of ketones is 1. The normalized spacial score (nSPS) is 10.3. The smallest absolute Gasteiger partial charge is 0.162 e. The van der Waals surface area contributed by atoms with Crippen LogP contribution in [-0.2, 0) is 16.0 Å². The Kier molecular flexibility index (Phi) is 5.53. The molecule has 0 bridgehead atoms. The van der Waals surface area contributed by atoms with Crippen molar-refractivity contribution in [3.05, 3.63) is 34.3 Å². The Hall–Kier alpha value is -0.710. The molecule has 0 aliphatic rings. The minimum absolute atomic E-state index is 0.0748. The van der Waals surface area contributed by atoms with Gasteiger partial charge in [-0.3, -0.25) is 4.79 Å². The minimum Gasteiger partial charge on any atom is -0.372 e. The van der Waals surface area contributed by atoms with Gasteiger partial charge in [0.05, 0.1) is 6.61 Å². The molecule has 1 rings (SSSR count). The Morgan fingerprint density at radius 1 is 1.33 bits per heavy atom. The predicted molar refractivity (Wildman–Crippen MR) is 62.7 cm³/mol. The van der Waals surface area contributed by atoms with Crippen LogP contribution in [0.5, 0.6) is 0 Å². The molecule has 1 aromatic carbocycles. The zero-order chi connectivity index (χ0) is 11.1. The van der Waals surface area contributed by atoms with Crippen LogP contribution >= 0.6 is 15.9 Å². The third-order valence-corrected chi connectivity index (χ3v) is 2.37. The number of hydrogen-bond acceptors (Lipinski definition) is 3. The average molecular weight is 272 g/mol. The van der Waals surface area contributed by atoms with Gasteiger partial charge in [-0.2, -0.15) is 0 Å². The second-order valence-corrected chi connectivity index (χ2v) is 4.10. The Balaban J connectivity index is 2.34. The highest BCUT2D eigenvalue weighted by atomic mass is 79.9. The van der Waals surface area contributed by atoms with E-state index in [4.69, 9.17) is 10.5 Å². The second-order valence-electron chi connectivity index (χ2n) is 3.18. The fourth-order valence-electron chi connectivity index (χ4n) is 1.15. The van der Waals surface area contributed by atoms with Crippen LogP contribution in [0.15, 0.2) is 28.7 Å². The summed E-state index contributed by atoms with van der Waals surface area (Å²) < 4.78 is 6.07. The van der Waals surface area contributed by atoms with Crippen LogP contribution in [0, 0.1) is 0 Å². The Bertz CT molecular complexity index is 311. The summed E-state index contributed by atoms with van der Waals surface area (Å²) in [6.07, 6.45) is 0.415. The van der Waals surface area contributed by atoms with Crippen LogP contribution < -0.4 is 5.73 Å². The van der Waals surface area contributed by atoms with Gasteiger partial charge in [-0.15, -0.1) is 0 Å². The maximum atomic E-state index is 11.4. The average Bonchev–Trinajstić information content (AvgIpc) is 2.22. The van der Waals surface area contributed by atoms with Crippen LogP contribution in [0.4, 0.5) is 0 Å². The van der Waals surface area contributed by atoms with Gasteiger partial charge in [-0.25, -0.2) is 0 Å². The number of ether oxygens (including phenoxy) is 1. The Morgan fingerprint density at radius 3 is 2.60 bits per heavy atom. The molecule has 2 N–H and O–H groups in total. The van der Waals surface area contributed by atoms with Gasteiger partial charge in [0, 0.05) is 17.4 Å². The first kappa shape index (κ1) is 12.4. The summed E-state index contributed by atoms with van der Waals surface area (Å²) in [6.45, 7) is 1.03. The molecule has 82 valence electrons. The summed E-state index contributed by atoms with van der Waals surface area (Å²) in [7, 11) is 0. The van der Waals surface area contributed by atoms with Crippen LogP contribution in [0.3, 0.4) is 0 Å². The van der Waals surface area contributed by atoms with E-state index in [0.29, 0.717) is 19.6 Å². The van der Waals surface area contributed by atoms with Crippen molar-refractivity contribution in [3.8, 4) is 0 Å². The van der Waals surface area contributed by atoms with E-state index in [1.807, 2.05) is 24.3 Å². The fraction of sp³-hybridized carbons (Fsp3) is 0.364. The molecule has 0 saturated carbocycles. The number of carbonyl (C=O) groups is 1. The van der Waals surface area contributed by atoms with E-state index in [0.717, 1.165) is 10.0 Å². The quantitative estimate of drug-likeness (QED) is 0.799. The molecule has 0 radical (unpaired) electrons. The van der Waals surface area contributed by atoms with Gasteiger partial charge in [0.1, 0.15) is 6.61 Å². The molecule has 0 aromatic heterocycles. The number of carbonyl (C=O) groups excluding carboxylic acids is 1. The molecular weight excluding hydrogens is 258 g/mol. The summed E-state index contributed by atoms with van der Waals surface area (Å²) in [5, 5.41) is 0. The van der Waals surface area contributed by atoms with E-state index in [1.54, 1.807) is 0 Å². The Labute approximate surface area is 97.7 Å². The highest BCUT2D eigenvalue weighted by molar-refractivity contribution is 9.10. The minimum atomic E-state index is 0.0748. The monoisotopic (exact) mass is 271 g/mol. The molecule has 3 nitrogen and oxygen atoms in total. The van der Waals surface area contributed by atoms with Gasteiger partial charge in [0.15, 0.2) is 5.78 Å². The van der Waals surface area contributed by atoms with E-state index in [-0.39, 0.29) is 12.4 Å². The van der Waals surface area contributed by atoms with Crippen LogP contribution in [0.1, 0.15) is 5.56 Å². The lowest BCUT2D eigenvalue weighted by molar-refractivity contribution is -0.122. The lowest BCUT2D eigenvalue weighted by Gasteiger charge is -2.02. The number of nitrogens with two attached hydrogens (primary N) is 1. The molecule has 0 unspecified atom stereocenters. The van der Waals surface area contributed by atoms with Crippen LogP contribution in [0.2, 0.25) is 0 Å². The zero-order valence-electron chi connectivity index (χ0n) is 8.41. The standard InChI is InChI=1S/C11H14BrNO2/c12-10-3-1-9(2-4-10)7-11(14)8-15-6-5-13/h1-4H,5-8,13H2. The van der Waals surface area contributed by atoms with Crippen molar-refractivity contribution >= 4 is 21.7 Å². The van der Waals surface area contributed by atoms with Gasteiger partial charge < -0.3 is 10.5 Å². The molecule has 0 saturated heterocycles. The van der Waals surface area contributed by atoms with Gasteiger partial charge in [-0.05, 0) is 17.7 Å². The molecule has 4 heteroatoms. The summed E-state index contributed by atoms with van der Waals surface area (Å²) in [6, 6.07) is 7.68. The molecule has 0 aliphatic heterocycles. The molecule has 0 atom stereocenters. The van der Waals surface area contributed by atoms with E-state index >= 15 is 0 Å². The van der Waals surface area contributed by atoms with Crippen LogP contribution in [-0.4, -0.2) is 25.5 Å². The van der Waals surface area contributed by atoms with E-state index in [1.165, 1.54) is 0 Å². The van der Waals surface area contributed by atoms with Gasteiger partial charge in [-0.1, -0.05) is 28.1 Å². The fourth-order valence-corrected chi connectivity index (χ4v) is 1.41. The number of halogens is 1. The van der Waals surface area contributed by atoms with Crippen molar-refractivity contribution in [3.63, 3.8) is 0 Å². The summed E-state index contributed by atoms with van der Waals surface area (Å²) in [5.74, 6) is 0.0748. The maximum absolute atomic E-state index is 11.4. The first-order valence-electron chi connectivity index (χ1n) is 4.76. The molecule has 15 heavy (non-hydrogen) atoms. The maximum Gasteiger partial charge on any atom is 0.162 e. The third-order valence-electron chi connectivity index (χ3n) is 1.84. The lowest BCUT2D eigenvalue weighted by atomic mass is 10.1. The molecule has 0 aliphatic carbocycles. The molecule has 1 aromatic rings. The van der Waals surface area contributed by atoms with Crippen molar-refractivity contribution < 1.29 is 9.53 Å². The summed E-state index contributed by atoms with van der Waals surface area (Å²) in [4.78, 5) is 11.4. The third kappa shape index (κ3) is 5.06. The van der Waals surface area contributed by atoms with E-state index in [2.05, 4.69) is 15.9 Å². The molecule has 0 spiro atoms. The van der Waals surface area contributed by atoms with E-state index < -0.39 is 0 Å². The van der Waals surface area contributed by atoms with Gasteiger partial charge in [0.2, 0.25) is 0 Å². The predicted octanol–water partition coefficient (Wildman–Crippen LogP) is 1.54. The first-order chi connectivity index (χ1) is 7.22. The van der Waals surface area contributed by atoms with Crippen molar-refractivity contribution in [2.75, 3.05) is 19.8 Å². The second kappa shape index (κ2) is 6.71. The topological polar surface area (TPSA) is 52.3 Å². The number of hydrogen-bond donors (Lipinski definition) is 1. The molecule has 0 heterocycles. The van der Waals surface area contributed by atoms with Crippen molar-refractivity contribution in [1.82, 2.24) is 0 Å². The highest BCUT2D eigenvalue weighted by Gasteiger charge is 2.03. The molecular formula is C11H14BrNO2. The van der Waals surface area contributed by atoms with Gasteiger partial charge >= 0.3 is 0 Å². The van der Waals surface area contributed by atoms with E-state index in [9.17, 15) is 4.79 Å². The number of benzene rings is 1. The molecule has 0 fully saturated rings. The number of Topliss-reactive ketones (excluding diaryl/α,β-unsaturated/α-hetero) is 1. The Morgan fingerprint density at radius 2 is 2.00 bits per heavy atom. The van der Waals surface area contributed by atoms with Crippen molar-refractivity contribution in [1.29, 1.82) is 0 Å².